The molecule has 0 saturated carbocycles. The van der Waals surface area contributed by atoms with E-state index >= 15 is 0 Å². The quantitative estimate of drug-likeness (QED) is 0.395. The van der Waals surface area contributed by atoms with Crippen molar-refractivity contribution < 1.29 is 19.0 Å². The number of carbonyl (C=O) groups is 1. The SMILES string of the molecule is COc1ccc(CN2CCN(C(=O)c3ccc(-n4cnc5cccnc54)cc3)CC2)c(OC)c1OC. The minimum Gasteiger partial charge on any atom is -0.493 e. The number of imidazole rings is 1. The molecule has 2 aromatic heterocycles. The number of piperazine rings is 1. The molecule has 9 nitrogen and oxygen atoms in total. The molecule has 0 spiro atoms. The molecule has 36 heavy (non-hydrogen) atoms. The lowest BCUT2D eigenvalue weighted by Crippen LogP contribution is -2.48. The zero-order valence-corrected chi connectivity index (χ0v) is 20.7. The van der Waals surface area contributed by atoms with Crippen molar-refractivity contribution in [1.29, 1.82) is 0 Å². The summed E-state index contributed by atoms with van der Waals surface area (Å²) in [5.41, 5.74) is 4.24. The number of hydrogen-bond donors (Lipinski definition) is 0. The van der Waals surface area contributed by atoms with Crippen LogP contribution < -0.4 is 14.2 Å². The van der Waals surface area contributed by atoms with Crippen LogP contribution in [0, 0.1) is 0 Å². The molecule has 0 aliphatic carbocycles. The fourth-order valence-corrected chi connectivity index (χ4v) is 4.62. The van der Waals surface area contributed by atoms with E-state index in [0.29, 0.717) is 42.4 Å². The summed E-state index contributed by atoms with van der Waals surface area (Å²) in [6, 6.07) is 15.3. The van der Waals surface area contributed by atoms with Crippen LogP contribution >= 0.6 is 0 Å². The predicted octanol–water partition coefficient (Wildman–Crippen LogP) is 3.40. The van der Waals surface area contributed by atoms with Gasteiger partial charge in [0, 0.05) is 55.7 Å². The van der Waals surface area contributed by atoms with Crippen LogP contribution in [0.4, 0.5) is 0 Å². The van der Waals surface area contributed by atoms with Crippen molar-refractivity contribution in [3.63, 3.8) is 0 Å². The van der Waals surface area contributed by atoms with E-state index in [4.69, 9.17) is 14.2 Å². The molecule has 1 aliphatic rings. The molecule has 0 radical (unpaired) electrons. The smallest absolute Gasteiger partial charge is 0.253 e. The van der Waals surface area contributed by atoms with Crippen LogP contribution in [0.15, 0.2) is 61.1 Å². The zero-order chi connectivity index (χ0) is 25.1. The monoisotopic (exact) mass is 487 g/mol. The maximum absolute atomic E-state index is 13.2. The number of fused-ring (bicyclic) bond motifs is 1. The van der Waals surface area contributed by atoms with Gasteiger partial charge in [-0.1, -0.05) is 6.07 Å². The largest absolute Gasteiger partial charge is 0.493 e. The lowest BCUT2D eigenvalue weighted by atomic mass is 10.1. The number of ether oxygens (including phenoxy) is 3. The highest BCUT2D eigenvalue weighted by Crippen LogP contribution is 2.40. The summed E-state index contributed by atoms with van der Waals surface area (Å²) in [5, 5.41) is 0. The van der Waals surface area contributed by atoms with Gasteiger partial charge in [-0.15, -0.1) is 0 Å². The minimum absolute atomic E-state index is 0.0403. The number of benzene rings is 2. The maximum atomic E-state index is 13.2. The van der Waals surface area contributed by atoms with E-state index < -0.39 is 0 Å². The number of aromatic nitrogens is 3. The van der Waals surface area contributed by atoms with Crippen LogP contribution in [0.25, 0.3) is 16.9 Å². The molecule has 0 unspecified atom stereocenters. The summed E-state index contributed by atoms with van der Waals surface area (Å²) >= 11 is 0. The first-order chi connectivity index (χ1) is 17.6. The number of rotatable bonds is 7. The number of hydrogen-bond acceptors (Lipinski definition) is 7. The topological polar surface area (TPSA) is 82.0 Å². The van der Waals surface area contributed by atoms with Gasteiger partial charge in [-0.2, -0.15) is 0 Å². The van der Waals surface area contributed by atoms with Gasteiger partial charge in [0.2, 0.25) is 5.75 Å². The molecule has 0 N–H and O–H groups in total. The summed E-state index contributed by atoms with van der Waals surface area (Å²) in [6.45, 7) is 3.56. The van der Waals surface area contributed by atoms with E-state index in [-0.39, 0.29) is 5.91 Å². The normalized spacial score (nSPS) is 14.1. The van der Waals surface area contributed by atoms with Gasteiger partial charge in [-0.05, 0) is 42.5 Å². The number of pyridine rings is 1. The second kappa shape index (κ2) is 10.2. The first-order valence-electron chi connectivity index (χ1n) is 11.8. The molecule has 1 fully saturated rings. The van der Waals surface area contributed by atoms with Crippen LogP contribution in [-0.2, 0) is 6.54 Å². The Morgan fingerprint density at radius 3 is 2.31 bits per heavy atom. The van der Waals surface area contributed by atoms with Crippen molar-refractivity contribution in [2.75, 3.05) is 47.5 Å². The lowest BCUT2D eigenvalue weighted by Gasteiger charge is -2.35. The Labute approximate surface area is 209 Å². The summed E-state index contributed by atoms with van der Waals surface area (Å²) in [5.74, 6) is 1.95. The van der Waals surface area contributed by atoms with Gasteiger partial charge in [0.25, 0.3) is 5.91 Å². The van der Waals surface area contributed by atoms with Crippen molar-refractivity contribution in [3.8, 4) is 22.9 Å². The van der Waals surface area contributed by atoms with Crippen molar-refractivity contribution >= 4 is 17.1 Å². The van der Waals surface area contributed by atoms with Gasteiger partial charge in [0.05, 0.1) is 21.3 Å². The Hall–Kier alpha value is -4.11. The Bertz CT molecular complexity index is 1360. The van der Waals surface area contributed by atoms with Crippen molar-refractivity contribution in [2.45, 2.75) is 6.54 Å². The Balaban J connectivity index is 1.23. The third-order valence-electron chi connectivity index (χ3n) is 6.54. The van der Waals surface area contributed by atoms with Gasteiger partial charge < -0.3 is 19.1 Å². The molecular formula is C27H29N5O4. The Kier molecular flexibility index (Phi) is 6.73. The van der Waals surface area contributed by atoms with E-state index in [1.165, 1.54) is 0 Å². The third kappa shape index (κ3) is 4.45. The van der Waals surface area contributed by atoms with Crippen LogP contribution in [-0.4, -0.2) is 77.8 Å². The van der Waals surface area contributed by atoms with Crippen molar-refractivity contribution in [1.82, 2.24) is 24.3 Å². The van der Waals surface area contributed by atoms with Crippen LogP contribution in [0.1, 0.15) is 15.9 Å². The fraction of sp³-hybridized carbons (Fsp3) is 0.296. The second-order valence-corrected chi connectivity index (χ2v) is 8.57. The number of amides is 1. The summed E-state index contributed by atoms with van der Waals surface area (Å²) in [4.78, 5) is 26.2. The second-order valence-electron chi connectivity index (χ2n) is 8.57. The van der Waals surface area contributed by atoms with Crippen molar-refractivity contribution in [2.24, 2.45) is 0 Å². The molecule has 186 valence electrons. The van der Waals surface area contributed by atoms with E-state index in [9.17, 15) is 4.79 Å². The van der Waals surface area contributed by atoms with Crippen LogP contribution in [0.5, 0.6) is 17.2 Å². The van der Waals surface area contributed by atoms with Crippen LogP contribution in [0.3, 0.4) is 0 Å². The molecule has 1 saturated heterocycles. The molecular weight excluding hydrogens is 458 g/mol. The Morgan fingerprint density at radius 1 is 0.861 bits per heavy atom. The van der Waals surface area contributed by atoms with Crippen LogP contribution in [0.2, 0.25) is 0 Å². The summed E-state index contributed by atoms with van der Waals surface area (Å²) in [6.07, 6.45) is 3.50. The highest BCUT2D eigenvalue weighted by Gasteiger charge is 2.24. The van der Waals surface area contributed by atoms with E-state index in [1.54, 1.807) is 33.9 Å². The molecule has 1 amide bonds. The summed E-state index contributed by atoms with van der Waals surface area (Å²) < 4.78 is 18.4. The highest BCUT2D eigenvalue weighted by atomic mass is 16.5. The van der Waals surface area contributed by atoms with E-state index in [0.717, 1.165) is 35.5 Å². The van der Waals surface area contributed by atoms with Gasteiger partial charge in [0.1, 0.15) is 11.8 Å². The predicted molar refractivity (Wildman–Crippen MR) is 136 cm³/mol. The summed E-state index contributed by atoms with van der Waals surface area (Å²) in [7, 11) is 4.85. The maximum Gasteiger partial charge on any atom is 0.253 e. The molecule has 9 heteroatoms. The zero-order valence-electron chi connectivity index (χ0n) is 20.7. The highest BCUT2D eigenvalue weighted by molar-refractivity contribution is 5.94. The average Bonchev–Trinajstić information content (AvgIpc) is 3.37. The van der Waals surface area contributed by atoms with Gasteiger partial charge in [-0.3, -0.25) is 14.3 Å². The third-order valence-corrected chi connectivity index (χ3v) is 6.54. The van der Waals surface area contributed by atoms with Gasteiger partial charge in [-0.25, -0.2) is 9.97 Å². The molecule has 3 heterocycles. The molecule has 4 aromatic rings. The molecule has 0 atom stereocenters. The first kappa shape index (κ1) is 23.6. The molecule has 2 aromatic carbocycles. The fourth-order valence-electron chi connectivity index (χ4n) is 4.62. The Morgan fingerprint density at radius 2 is 1.61 bits per heavy atom. The molecule has 5 rings (SSSR count). The van der Waals surface area contributed by atoms with Gasteiger partial charge in [0.15, 0.2) is 17.1 Å². The lowest BCUT2D eigenvalue weighted by molar-refractivity contribution is 0.0627. The minimum atomic E-state index is 0.0403. The average molecular weight is 488 g/mol. The van der Waals surface area contributed by atoms with Gasteiger partial charge >= 0.3 is 0 Å². The number of methoxy groups -OCH3 is 3. The van der Waals surface area contributed by atoms with Crippen molar-refractivity contribution in [3.05, 3.63) is 72.2 Å². The molecule has 1 aliphatic heterocycles. The van der Waals surface area contributed by atoms with E-state index in [1.807, 2.05) is 58.0 Å². The number of nitrogens with zero attached hydrogens (tertiary/aromatic N) is 5. The standard InChI is InChI=1S/C27H29N5O4/c1-34-23-11-8-20(24(35-2)25(23)36-3)17-30-13-15-31(16-14-30)27(33)19-6-9-21(10-7-19)32-18-29-22-5-4-12-28-26(22)32/h4-12,18H,13-17H2,1-3H3. The van der Waals surface area contributed by atoms with E-state index in [2.05, 4.69) is 14.9 Å². The molecule has 0 bridgehead atoms. The number of carbonyl (C=O) groups excluding carboxylic acids is 1. The first-order valence-corrected chi connectivity index (χ1v) is 11.8.